The third-order valence-electron chi connectivity index (χ3n) is 4.71. The van der Waals surface area contributed by atoms with Gasteiger partial charge in [-0.3, -0.25) is 4.90 Å². The molecule has 1 saturated heterocycles. The maximum atomic E-state index is 9.27. The number of likely N-dealkylation sites (N-methyl/N-ethyl adjacent to an activating group) is 1. The first-order chi connectivity index (χ1) is 11.7. The molecular weight excluding hydrogens is 298 g/mol. The predicted octanol–water partition coefficient (Wildman–Crippen LogP) is 2.76. The van der Waals surface area contributed by atoms with Crippen molar-refractivity contribution in [1.82, 2.24) is 14.9 Å². The van der Waals surface area contributed by atoms with Crippen LogP contribution >= 0.6 is 0 Å². The predicted molar refractivity (Wildman–Crippen MR) is 94.6 cm³/mol. The first kappa shape index (κ1) is 16.4. The molecule has 24 heavy (non-hydrogen) atoms. The molecule has 1 aromatic carbocycles. The minimum atomic E-state index is 0.433. The number of anilines is 1. The molecule has 3 rings (SSSR count). The molecule has 0 aliphatic carbocycles. The summed E-state index contributed by atoms with van der Waals surface area (Å²) in [6.07, 6.45) is 3.95. The van der Waals surface area contributed by atoms with Gasteiger partial charge < -0.3 is 4.90 Å². The second kappa shape index (κ2) is 7.41. The fourth-order valence-corrected chi connectivity index (χ4v) is 3.32. The van der Waals surface area contributed by atoms with Crippen molar-refractivity contribution in [3.05, 3.63) is 53.5 Å². The van der Waals surface area contributed by atoms with Crippen LogP contribution in [-0.2, 0) is 6.54 Å². The smallest absolute Gasteiger partial charge is 0.132 e. The van der Waals surface area contributed by atoms with Crippen molar-refractivity contribution in [3.63, 3.8) is 0 Å². The molecule has 0 amide bonds. The van der Waals surface area contributed by atoms with Crippen LogP contribution in [0.25, 0.3) is 0 Å². The molecule has 1 aromatic heterocycles. The summed E-state index contributed by atoms with van der Waals surface area (Å²) in [7, 11) is 2.11. The highest BCUT2D eigenvalue weighted by molar-refractivity contribution is 5.39. The number of benzene rings is 1. The summed E-state index contributed by atoms with van der Waals surface area (Å²) in [5, 5.41) is 9.27. The molecule has 1 fully saturated rings. The maximum Gasteiger partial charge on any atom is 0.132 e. The van der Waals surface area contributed by atoms with Crippen molar-refractivity contribution >= 4 is 5.82 Å². The summed E-state index contributed by atoms with van der Waals surface area (Å²) in [5.74, 6) is 0.978. The summed E-state index contributed by atoms with van der Waals surface area (Å²) in [5.41, 5.74) is 2.88. The average molecular weight is 321 g/mol. The molecular formula is C19H23N5. The number of aryl methyl sites for hydroxylation is 1. The van der Waals surface area contributed by atoms with Gasteiger partial charge in [0.2, 0.25) is 0 Å². The number of aromatic nitrogens is 2. The number of hydrogen-bond donors (Lipinski definition) is 0. The number of nitriles is 1. The first-order valence-corrected chi connectivity index (χ1v) is 8.39. The van der Waals surface area contributed by atoms with Crippen LogP contribution in [0, 0.1) is 18.3 Å². The molecule has 1 atom stereocenters. The average Bonchev–Trinajstić information content (AvgIpc) is 2.62. The number of hydrogen-bond acceptors (Lipinski definition) is 5. The fraction of sp³-hybridized carbons (Fsp3) is 0.421. The molecule has 5 nitrogen and oxygen atoms in total. The molecule has 0 saturated carbocycles. The minimum absolute atomic E-state index is 0.433. The fourth-order valence-electron chi connectivity index (χ4n) is 3.32. The molecule has 2 aromatic rings. The van der Waals surface area contributed by atoms with Crippen LogP contribution in [0.3, 0.4) is 0 Å². The highest BCUT2D eigenvalue weighted by Gasteiger charge is 2.24. The summed E-state index contributed by atoms with van der Waals surface area (Å²) in [4.78, 5) is 13.3. The summed E-state index contributed by atoms with van der Waals surface area (Å²) >= 11 is 0. The molecule has 0 spiro atoms. The Balaban J connectivity index is 1.69. The lowest BCUT2D eigenvalue weighted by molar-refractivity contribution is 0.198. The Hall–Kier alpha value is -2.45. The van der Waals surface area contributed by atoms with E-state index in [1.54, 1.807) is 6.33 Å². The number of piperidine rings is 1. The van der Waals surface area contributed by atoms with Gasteiger partial charge in [0.1, 0.15) is 12.1 Å². The Morgan fingerprint density at radius 2 is 2.17 bits per heavy atom. The third-order valence-corrected chi connectivity index (χ3v) is 4.71. The van der Waals surface area contributed by atoms with E-state index in [1.807, 2.05) is 31.2 Å². The van der Waals surface area contributed by atoms with Crippen LogP contribution in [0.4, 0.5) is 5.82 Å². The maximum absolute atomic E-state index is 9.27. The van der Waals surface area contributed by atoms with E-state index in [4.69, 9.17) is 0 Å². The van der Waals surface area contributed by atoms with Crippen molar-refractivity contribution in [2.24, 2.45) is 0 Å². The Labute approximate surface area is 143 Å². The lowest BCUT2D eigenvalue weighted by Gasteiger charge is -2.38. The molecule has 0 N–H and O–H groups in total. The van der Waals surface area contributed by atoms with Gasteiger partial charge in [0.25, 0.3) is 0 Å². The van der Waals surface area contributed by atoms with E-state index in [2.05, 4.69) is 39.0 Å². The summed E-state index contributed by atoms with van der Waals surface area (Å²) < 4.78 is 0. The lowest BCUT2D eigenvalue weighted by Crippen LogP contribution is -2.46. The van der Waals surface area contributed by atoms with Gasteiger partial charge in [-0.15, -0.1) is 0 Å². The van der Waals surface area contributed by atoms with E-state index < -0.39 is 0 Å². The van der Waals surface area contributed by atoms with Crippen molar-refractivity contribution in [1.29, 1.82) is 5.26 Å². The number of nitrogens with zero attached hydrogens (tertiary/aromatic N) is 5. The second-order valence-corrected chi connectivity index (χ2v) is 6.43. The molecule has 1 aliphatic heterocycles. The topological polar surface area (TPSA) is 56.0 Å². The Morgan fingerprint density at radius 1 is 1.33 bits per heavy atom. The van der Waals surface area contributed by atoms with E-state index in [0.29, 0.717) is 6.04 Å². The zero-order valence-corrected chi connectivity index (χ0v) is 14.3. The second-order valence-electron chi connectivity index (χ2n) is 6.43. The van der Waals surface area contributed by atoms with Gasteiger partial charge >= 0.3 is 0 Å². The molecule has 5 heteroatoms. The standard InChI is InChI=1S/C19H23N5/c1-15-10-19(22-14-21-15)23(2)18-8-5-9-24(13-18)12-17-7-4-3-6-16(17)11-20/h3-4,6-7,10,14,18H,5,8-9,12-13H2,1-2H3. The van der Waals surface area contributed by atoms with E-state index >= 15 is 0 Å². The van der Waals surface area contributed by atoms with Crippen molar-refractivity contribution in [2.75, 3.05) is 25.0 Å². The zero-order chi connectivity index (χ0) is 16.9. The van der Waals surface area contributed by atoms with Crippen LogP contribution in [0.15, 0.2) is 36.7 Å². The van der Waals surface area contributed by atoms with Gasteiger partial charge in [0.05, 0.1) is 11.6 Å². The summed E-state index contributed by atoms with van der Waals surface area (Å²) in [6, 6.07) is 12.6. The van der Waals surface area contributed by atoms with Crippen molar-refractivity contribution < 1.29 is 0 Å². The van der Waals surface area contributed by atoms with Gasteiger partial charge in [0.15, 0.2) is 0 Å². The van der Waals surface area contributed by atoms with E-state index in [-0.39, 0.29) is 0 Å². The number of likely N-dealkylation sites (tertiary alicyclic amines) is 1. The Morgan fingerprint density at radius 3 is 2.96 bits per heavy atom. The van der Waals surface area contributed by atoms with Crippen LogP contribution in [-0.4, -0.2) is 41.0 Å². The largest absolute Gasteiger partial charge is 0.355 e. The molecule has 0 radical (unpaired) electrons. The third kappa shape index (κ3) is 3.72. The zero-order valence-electron chi connectivity index (χ0n) is 14.3. The van der Waals surface area contributed by atoms with E-state index in [1.165, 1.54) is 0 Å². The molecule has 2 heterocycles. The van der Waals surface area contributed by atoms with Crippen LogP contribution in [0.1, 0.15) is 29.7 Å². The monoisotopic (exact) mass is 321 g/mol. The molecule has 124 valence electrons. The molecule has 0 bridgehead atoms. The number of rotatable bonds is 4. The lowest BCUT2D eigenvalue weighted by atomic mass is 10.0. The van der Waals surface area contributed by atoms with E-state index in [9.17, 15) is 5.26 Å². The molecule has 1 aliphatic rings. The minimum Gasteiger partial charge on any atom is -0.355 e. The van der Waals surface area contributed by atoms with Crippen LogP contribution < -0.4 is 4.90 Å². The van der Waals surface area contributed by atoms with Gasteiger partial charge in [0, 0.05) is 37.9 Å². The Kier molecular flexibility index (Phi) is 5.07. The van der Waals surface area contributed by atoms with Gasteiger partial charge in [-0.2, -0.15) is 5.26 Å². The normalized spacial score (nSPS) is 18.1. The van der Waals surface area contributed by atoms with Gasteiger partial charge in [-0.25, -0.2) is 9.97 Å². The van der Waals surface area contributed by atoms with Crippen LogP contribution in [0.5, 0.6) is 0 Å². The highest BCUT2D eigenvalue weighted by Crippen LogP contribution is 2.22. The SMILES string of the molecule is Cc1cc(N(C)C2CCCN(Cc3ccccc3C#N)C2)ncn1. The Bertz CT molecular complexity index is 737. The highest BCUT2D eigenvalue weighted by atomic mass is 15.2. The van der Waals surface area contributed by atoms with Crippen molar-refractivity contribution in [2.45, 2.75) is 32.4 Å². The van der Waals surface area contributed by atoms with Crippen LogP contribution in [0.2, 0.25) is 0 Å². The quantitative estimate of drug-likeness (QED) is 0.866. The summed E-state index contributed by atoms with van der Waals surface area (Å²) in [6.45, 7) is 4.88. The van der Waals surface area contributed by atoms with Gasteiger partial charge in [-0.1, -0.05) is 18.2 Å². The first-order valence-electron chi connectivity index (χ1n) is 8.39. The molecule has 1 unspecified atom stereocenters. The van der Waals surface area contributed by atoms with Gasteiger partial charge in [-0.05, 0) is 37.9 Å². The van der Waals surface area contributed by atoms with E-state index in [0.717, 1.165) is 55.1 Å². The van der Waals surface area contributed by atoms with Crippen molar-refractivity contribution in [3.8, 4) is 6.07 Å².